The minimum absolute atomic E-state index is 0.0914. The van der Waals surface area contributed by atoms with Gasteiger partial charge in [0.1, 0.15) is 11.6 Å². The lowest BCUT2D eigenvalue weighted by atomic mass is 9.87. The molecule has 0 aliphatic heterocycles. The van der Waals surface area contributed by atoms with Crippen LogP contribution in [0.3, 0.4) is 0 Å². The van der Waals surface area contributed by atoms with Gasteiger partial charge < -0.3 is 0 Å². The van der Waals surface area contributed by atoms with Crippen LogP contribution in [0.2, 0.25) is 0 Å². The molecule has 0 radical (unpaired) electrons. The minimum Gasteiger partial charge on any atom is -0.299 e. The van der Waals surface area contributed by atoms with Gasteiger partial charge >= 0.3 is 0 Å². The van der Waals surface area contributed by atoms with E-state index in [1.54, 1.807) is 0 Å². The fourth-order valence-corrected chi connectivity index (χ4v) is 1.80. The van der Waals surface area contributed by atoms with Crippen LogP contribution in [-0.4, -0.2) is 17.3 Å². The van der Waals surface area contributed by atoms with Crippen LogP contribution in [0, 0.1) is 5.92 Å². The summed E-state index contributed by atoms with van der Waals surface area (Å²) in [5.41, 5.74) is 0.664. The third-order valence-electron chi connectivity index (χ3n) is 2.76. The SMILES string of the molecule is CC(=O)C(CC1=CCCCC1=O)C(C)=O. The molecule has 1 rings (SSSR count). The molecule has 0 unspecified atom stereocenters. The number of ketones is 3. The Bertz CT molecular complexity index is 312. The normalized spacial score (nSPS) is 16.5. The van der Waals surface area contributed by atoms with E-state index in [0.29, 0.717) is 18.4 Å². The quantitative estimate of drug-likeness (QED) is 0.662. The molecule has 0 spiro atoms. The van der Waals surface area contributed by atoms with Gasteiger partial charge in [0.25, 0.3) is 0 Å². The van der Waals surface area contributed by atoms with Crippen LogP contribution in [0.4, 0.5) is 0 Å². The summed E-state index contributed by atoms with van der Waals surface area (Å²) >= 11 is 0. The van der Waals surface area contributed by atoms with Crippen molar-refractivity contribution in [1.82, 2.24) is 0 Å². The van der Waals surface area contributed by atoms with Gasteiger partial charge in [0.2, 0.25) is 0 Å². The lowest BCUT2D eigenvalue weighted by Crippen LogP contribution is -2.22. The maximum absolute atomic E-state index is 11.5. The average Bonchev–Trinajstić information content (AvgIpc) is 2.15. The Labute approximate surface area is 89.5 Å². The van der Waals surface area contributed by atoms with Gasteiger partial charge in [-0.2, -0.15) is 0 Å². The Morgan fingerprint density at radius 3 is 2.40 bits per heavy atom. The van der Waals surface area contributed by atoms with Gasteiger partial charge in [-0.3, -0.25) is 14.4 Å². The molecule has 0 N–H and O–H groups in total. The lowest BCUT2D eigenvalue weighted by molar-refractivity contribution is -0.130. The number of hydrogen-bond donors (Lipinski definition) is 0. The number of Topliss-reactive ketones (excluding diaryl/α,β-unsaturated/α-hetero) is 3. The van der Waals surface area contributed by atoms with Crippen molar-refractivity contribution in [3.05, 3.63) is 11.6 Å². The largest absolute Gasteiger partial charge is 0.299 e. The molecular weight excluding hydrogens is 192 g/mol. The van der Waals surface area contributed by atoms with E-state index in [-0.39, 0.29) is 17.3 Å². The predicted molar refractivity (Wildman–Crippen MR) is 56.4 cm³/mol. The number of carbonyl (C=O) groups is 3. The van der Waals surface area contributed by atoms with Crippen LogP contribution in [0.15, 0.2) is 11.6 Å². The molecule has 3 heteroatoms. The van der Waals surface area contributed by atoms with Gasteiger partial charge in [0.15, 0.2) is 5.78 Å². The van der Waals surface area contributed by atoms with Crippen molar-refractivity contribution < 1.29 is 14.4 Å². The maximum atomic E-state index is 11.5. The highest BCUT2D eigenvalue weighted by molar-refractivity contribution is 6.03. The Balaban J connectivity index is 2.74. The highest BCUT2D eigenvalue weighted by Gasteiger charge is 2.24. The van der Waals surface area contributed by atoms with E-state index in [2.05, 4.69) is 0 Å². The average molecular weight is 208 g/mol. The van der Waals surface area contributed by atoms with Crippen LogP contribution in [0.5, 0.6) is 0 Å². The first-order valence-electron chi connectivity index (χ1n) is 5.25. The van der Waals surface area contributed by atoms with Crippen LogP contribution >= 0.6 is 0 Å². The number of carbonyl (C=O) groups excluding carboxylic acids is 3. The molecule has 3 nitrogen and oxygen atoms in total. The predicted octanol–water partition coefficient (Wildman–Crippen LogP) is 1.85. The van der Waals surface area contributed by atoms with E-state index < -0.39 is 5.92 Å². The van der Waals surface area contributed by atoms with Crippen LogP contribution in [-0.2, 0) is 14.4 Å². The van der Waals surface area contributed by atoms with Crippen molar-refractivity contribution >= 4 is 17.3 Å². The van der Waals surface area contributed by atoms with Crippen molar-refractivity contribution in [3.8, 4) is 0 Å². The summed E-state index contributed by atoms with van der Waals surface area (Å²) in [6, 6.07) is 0. The van der Waals surface area contributed by atoms with Crippen molar-refractivity contribution in [1.29, 1.82) is 0 Å². The van der Waals surface area contributed by atoms with Gasteiger partial charge in [-0.15, -0.1) is 0 Å². The highest BCUT2D eigenvalue weighted by Crippen LogP contribution is 2.21. The second-order valence-corrected chi connectivity index (χ2v) is 4.02. The van der Waals surface area contributed by atoms with E-state index in [9.17, 15) is 14.4 Å². The van der Waals surface area contributed by atoms with Crippen molar-refractivity contribution in [3.63, 3.8) is 0 Å². The summed E-state index contributed by atoms with van der Waals surface area (Å²) < 4.78 is 0. The van der Waals surface area contributed by atoms with Crippen LogP contribution < -0.4 is 0 Å². The Hall–Kier alpha value is -1.25. The van der Waals surface area contributed by atoms with E-state index in [4.69, 9.17) is 0 Å². The van der Waals surface area contributed by atoms with Crippen LogP contribution in [0.1, 0.15) is 39.5 Å². The molecule has 1 aliphatic rings. The molecule has 0 amide bonds. The molecular formula is C12H16O3. The fraction of sp³-hybridized carbons (Fsp3) is 0.583. The van der Waals surface area contributed by atoms with E-state index in [0.717, 1.165) is 12.8 Å². The van der Waals surface area contributed by atoms with Gasteiger partial charge in [0, 0.05) is 6.42 Å². The summed E-state index contributed by atoms with van der Waals surface area (Å²) in [6.45, 7) is 2.81. The van der Waals surface area contributed by atoms with E-state index in [1.165, 1.54) is 13.8 Å². The van der Waals surface area contributed by atoms with Crippen molar-refractivity contribution in [2.45, 2.75) is 39.5 Å². The molecule has 1 aliphatic carbocycles. The smallest absolute Gasteiger partial charge is 0.158 e. The Kier molecular flexibility index (Phi) is 3.95. The summed E-state index contributed by atoms with van der Waals surface area (Å²) in [4.78, 5) is 33.9. The number of rotatable bonds is 4. The maximum Gasteiger partial charge on any atom is 0.158 e. The first-order chi connectivity index (χ1) is 7.02. The molecule has 0 aromatic heterocycles. The topological polar surface area (TPSA) is 51.2 Å². The molecule has 0 aromatic rings. The molecule has 0 aromatic carbocycles. The first kappa shape index (κ1) is 11.8. The molecule has 0 fully saturated rings. The Morgan fingerprint density at radius 2 is 1.93 bits per heavy atom. The summed E-state index contributed by atoms with van der Waals surface area (Å²) in [5.74, 6) is -0.837. The van der Waals surface area contributed by atoms with E-state index in [1.807, 2.05) is 6.08 Å². The molecule has 0 saturated heterocycles. The minimum atomic E-state index is -0.627. The molecule has 15 heavy (non-hydrogen) atoms. The first-order valence-corrected chi connectivity index (χ1v) is 5.25. The zero-order valence-electron chi connectivity index (χ0n) is 9.21. The third kappa shape index (κ3) is 3.11. The fourth-order valence-electron chi connectivity index (χ4n) is 1.80. The third-order valence-corrected chi connectivity index (χ3v) is 2.76. The molecule has 0 saturated carbocycles. The lowest BCUT2D eigenvalue weighted by Gasteiger charge is -2.15. The zero-order valence-corrected chi connectivity index (χ0v) is 9.21. The van der Waals surface area contributed by atoms with Crippen molar-refractivity contribution in [2.75, 3.05) is 0 Å². The van der Waals surface area contributed by atoms with E-state index >= 15 is 0 Å². The summed E-state index contributed by atoms with van der Waals surface area (Å²) in [7, 11) is 0. The molecule has 82 valence electrons. The second-order valence-electron chi connectivity index (χ2n) is 4.02. The monoisotopic (exact) mass is 208 g/mol. The van der Waals surface area contributed by atoms with Crippen LogP contribution in [0.25, 0.3) is 0 Å². The van der Waals surface area contributed by atoms with Crippen molar-refractivity contribution in [2.24, 2.45) is 5.92 Å². The number of hydrogen-bond acceptors (Lipinski definition) is 3. The highest BCUT2D eigenvalue weighted by atomic mass is 16.1. The molecule has 0 bridgehead atoms. The second kappa shape index (κ2) is 5.01. The Morgan fingerprint density at radius 1 is 1.33 bits per heavy atom. The summed E-state index contributed by atoms with van der Waals surface area (Å²) in [5, 5.41) is 0. The van der Waals surface area contributed by atoms with Gasteiger partial charge in [-0.25, -0.2) is 0 Å². The zero-order chi connectivity index (χ0) is 11.4. The number of allylic oxidation sites excluding steroid dienone is 2. The standard InChI is InChI=1S/C12H16O3/c1-8(13)11(9(2)14)7-10-5-3-4-6-12(10)15/h5,11H,3-4,6-7H2,1-2H3. The van der Waals surface area contributed by atoms with Gasteiger partial charge in [-0.1, -0.05) is 6.08 Å². The molecule has 0 heterocycles. The summed E-state index contributed by atoms with van der Waals surface area (Å²) in [6.07, 6.45) is 4.47. The van der Waals surface area contributed by atoms with Gasteiger partial charge in [-0.05, 0) is 38.7 Å². The van der Waals surface area contributed by atoms with Gasteiger partial charge in [0.05, 0.1) is 5.92 Å². The molecule has 0 atom stereocenters.